The molecule has 1 N–H and O–H groups in total. The second kappa shape index (κ2) is 5.14. The van der Waals surface area contributed by atoms with Gasteiger partial charge in [-0.25, -0.2) is 9.97 Å². The number of unbranched alkanes of at least 4 members (excludes halogenated alkanes) is 1. The summed E-state index contributed by atoms with van der Waals surface area (Å²) in [7, 11) is 1.50. The molecule has 0 amide bonds. The van der Waals surface area contributed by atoms with Crippen molar-refractivity contribution >= 4 is 5.95 Å². The maximum atomic E-state index is 12.5. The van der Waals surface area contributed by atoms with Gasteiger partial charge in [-0.1, -0.05) is 13.3 Å². The zero-order chi connectivity index (χ0) is 12.2. The SMILES string of the molecule is CCCCc1cc(C(F)(F)F)nc(NC)n1. The zero-order valence-electron chi connectivity index (χ0n) is 9.23. The van der Waals surface area contributed by atoms with Crippen molar-refractivity contribution in [2.24, 2.45) is 0 Å². The monoisotopic (exact) mass is 233 g/mol. The van der Waals surface area contributed by atoms with Crippen molar-refractivity contribution in [3.05, 3.63) is 17.5 Å². The Morgan fingerprint density at radius 2 is 2.00 bits per heavy atom. The Bertz CT molecular complexity index is 350. The molecule has 0 aromatic carbocycles. The first-order chi connectivity index (χ1) is 7.47. The number of rotatable bonds is 4. The summed E-state index contributed by atoms with van der Waals surface area (Å²) < 4.78 is 37.5. The van der Waals surface area contributed by atoms with Gasteiger partial charge in [0.25, 0.3) is 0 Å². The molecule has 1 rings (SSSR count). The van der Waals surface area contributed by atoms with Crippen LogP contribution in [0, 0.1) is 0 Å². The smallest absolute Gasteiger partial charge is 0.357 e. The molecule has 0 atom stereocenters. The third-order valence-electron chi connectivity index (χ3n) is 2.08. The fourth-order valence-electron chi connectivity index (χ4n) is 1.24. The van der Waals surface area contributed by atoms with E-state index >= 15 is 0 Å². The Morgan fingerprint density at radius 3 is 2.50 bits per heavy atom. The lowest BCUT2D eigenvalue weighted by atomic mass is 10.2. The standard InChI is InChI=1S/C10H14F3N3/c1-3-4-5-7-6-8(10(11,12)13)16-9(14-2)15-7/h6H,3-5H2,1-2H3,(H,14,15,16). The third kappa shape index (κ3) is 3.36. The van der Waals surface area contributed by atoms with E-state index in [1.54, 1.807) is 0 Å². The normalized spacial score (nSPS) is 11.6. The first-order valence-electron chi connectivity index (χ1n) is 5.10. The van der Waals surface area contributed by atoms with Crippen LogP contribution >= 0.6 is 0 Å². The summed E-state index contributed by atoms with van der Waals surface area (Å²) in [6.07, 6.45) is -2.15. The topological polar surface area (TPSA) is 37.8 Å². The molecule has 0 unspecified atom stereocenters. The average Bonchev–Trinajstić information content (AvgIpc) is 2.24. The van der Waals surface area contributed by atoms with E-state index in [0.29, 0.717) is 12.1 Å². The second-order valence-corrected chi connectivity index (χ2v) is 3.42. The highest BCUT2D eigenvalue weighted by molar-refractivity contribution is 5.28. The van der Waals surface area contributed by atoms with Gasteiger partial charge in [-0.15, -0.1) is 0 Å². The molecule has 16 heavy (non-hydrogen) atoms. The highest BCUT2D eigenvalue weighted by Gasteiger charge is 2.33. The summed E-state index contributed by atoms with van der Waals surface area (Å²) in [6, 6.07) is 1.01. The molecule has 0 saturated heterocycles. The molecule has 90 valence electrons. The van der Waals surface area contributed by atoms with Crippen LogP contribution in [0.3, 0.4) is 0 Å². The number of alkyl halides is 3. The Hall–Kier alpha value is -1.33. The molecule has 0 aliphatic heterocycles. The van der Waals surface area contributed by atoms with Crippen molar-refractivity contribution in [3.63, 3.8) is 0 Å². The van der Waals surface area contributed by atoms with Gasteiger partial charge in [0.15, 0.2) is 0 Å². The summed E-state index contributed by atoms with van der Waals surface area (Å²) in [4.78, 5) is 7.36. The molecule has 0 spiro atoms. The number of hydrogen-bond donors (Lipinski definition) is 1. The van der Waals surface area contributed by atoms with Gasteiger partial charge >= 0.3 is 6.18 Å². The van der Waals surface area contributed by atoms with Crippen LogP contribution in [0.15, 0.2) is 6.07 Å². The number of hydrogen-bond acceptors (Lipinski definition) is 3. The van der Waals surface area contributed by atoms with Crippen LogP contribution in [-0.2, 0) is 12.6 Å². The van der Waals surface area contributed by atoms with Crippen LogP contribution in [0.1, 0.15) is 31.2 Å². The minimum absolute atomic E-state index is 0.0147. The highest BCUT2D eigenvalue weighted by Crippen LogP contribution is 2.28. The van der Waals surface area contributed by atoms with E-state index in [2.05, 4.69) is 15.3 Å². The van der Waals surface area contributed by atoms with Crippen molar-refractivity contribution in [3.8, 4) is 0 Å². The Balaban J connectivity index is 3.01. The minimum Gasteiger partial charge on any atom is -0.357 e. The van der Waals surface area contributed by atoms with Crippen molar-refractivity contribution in [2.45, 2.75) is 32.4 Å². The van der Waals surface area contributed by atoms with Gasteiger partial charge in [0.05, 0.1) is 0 Å². The van der Waals surface area contributed by atoms with Crippen LogP contribution in [-0.4, -0.2) is 17.0 Å². The van der Waals surface area contributed by atoms with Gasteiger partial charge in [-0.3, -0.25) is 0 Å². The van der Waals surface area contributed by atoms with Crippen LogP contribution in [0.25, 0.3) is 0 Å². The minimum atomic E-state index is -4.42. The first kappa shape index (κ1) is 12.7. The molecular formula is C10H14F3N3. The quantitative estimate of drug-likeness (QED) is 0.868. The van der Waals surface area contributed by atoms with E-state index in [1.807, 2.05) is 6.92 Å². The molecule has 1 aromatic heterocycles. The molecule has 0 fully saturated rings. The van der Waals surface area contributed by atoms with E-state index in [4.69, 9.17) is 0 Å². The van der Waals surface area contributed by atoms with Gasteiger partial charge in [0.2, 0.25) is 5.95 Å². The highest BCUT2D eigenvalue weighted by atomic mass is 19.4. The Kier molecular flexibility index (Phi) is 4.09. The van der Waals surface area contributed by atoms with Gasteiger partial charge in [-0.05, 0) is 18.9 Å². The summed E-state index contributed by atoms with van der Waals surface area (Å²) in [5.41, 5.74) is -0.466. The molecule has 1 aromatic rings. The maximum Gasteiger partial charge on any atom is 0.433 e. The Labute approximate surface area is 92.1 Å². The van der Waals surface area contributed by atoms with Crippen LogP contribution < -0.4 is 5.32 Å². The predicted octanol–water partition coefficient (Wildman–Crippen LogP) is 2.88. The molecule has 6 heteroatoms. The summed E-state index contributed by atoms with van der Waals surface area (Å²) in [5.74, 6) is 0.0147. The van der Waals surface area contributed by atoms with Crippen LogP contribution in [0.4, 0.5) is 19.1 Å². The third-order valence-corrected chi connectivity index (χ3v) is 2.08. The largest absolute Gasteiger partial charge is 0.433 e. The van der Waals surface area contributed by atoms with Gasteiger partial charge in [-0.2, -0.15) is 13.2 Å². The van der Waals surface area contributed by atoms with Gasteiger partial charge < -0.3 is 5.32 Å². The average molecular weight is 233 g/mol. The number of aromatic nitrogens is 2. The summed E-state index contributed by atoms with van der Waals surface area (Å²) >= 11 is 0. The fraction of sp³-hybridized carbons (Fsp3) is 0.600. The maximum absolute atomic E-state index is 12.5. The summed E-state index contributed by atoms with van der Waals surface area (Å²) in [6.45, 7) is 1.98. The van der Waals surface area contributed by atoms with Crippen molar-refractivity contribution < 1.29 is 13.2 Å². The number of anilines is 1. The predicted molar refractivity (Wildman–Crippen MR) is 55.2 cm³/mol. The van der Waals surface area contributed by atoms with Crippen molar-refractivity contribution in [1.29, 1.82) is 0 Å². The second-order valence-electron chi connectivity index (χ2n) is 3.42. The lowest BCUT2D eigenvalue weighted by molar-refractivity contribution is -0.141. The molecular weight excluding hydrogens is 219 g/mol. The number of aryl methyl sites for hydroxylation is 1. The van der Waals surface area contributed by atoms with E-state index in [9.17, 15) is 13.2 Å². The summed E-state index contributed by atoms with van der Waals surface area (Å²) in [5, 5.41) is 2.53. The fourth-order valence-corrected chi connectivity index (χ4v) is 1.24. The molecule has 0 aliphatic rings. The number of nitrogens with zero attached hydrogens (tertiary/aromatic N) is 2. The van der Waals surface area contributed by atoms with E-state index in [-0.39, 0.29) is 5.95 Å². The number of halogens is 3. The van der Waals surface area contributed by atoms with Crippen LogP contribution in [0.5, 0.6) is 0 Å². The molecule has 0 saturated carbocycles. The molecule has 0 bridgehead atoms. The van der Waals surface area contributed by atoms with Gasteiger partial charge in [0.1, 0.15) is 5.69 Å². The van der Waals surface area contributed by atoms with E-state index < -0.39 is 11.9 Å². The molecule has 0 aliphatic carbocycles. The first-order valence-corrected chi connectivity index (χ1v) is 5.10. The lowest BCUT2D eigenvalue weighted by Crippen LogP contribution is -2.12. The van der Waals surface area contributed by atoms with Gasteiger partial charge in [0, 0.05) is 12.7 Å². The molecule has 0 radical (unpaired) electrons. The molecule has 1 heterocycles. The zero-order valence-corrected chi connectivity index (χ0v) is 9.23. The van der Waals surface area contributed by atoms with E-state index in [0.717, 1.165) is 18.9 Å². The lowest BCUT2D eigenvalue weighted by Gasteiger charge is -2.09. The molecule has 3 nitrogen and oxygen atoms in total. The van der Waals surface area contributed by atoms with Crippen molar-refractivity contribution in [2.75, 3.05) is 12.4 Å². The van der Waals surface area contributed by atoms with Crippen molar-refractivity contribution in [1.82, 2.24) is 9.97 Å². The van der Waals surface area contributed by atoms with E-state index in [1.165, 1.54) is 7.05 Å². The Morgan fingerprint density at radius 1 is 1.31 bits per heavy atom. The number of nitrogens with one attached hydrogen (secondary N) is 1. The van der Waals surface area contributed by atoms with Crippen LogP contribution in [0.2, 0.25) is 0 Å².